The predicted octanol–water partition coefficient (Wildman–Crippen LogP) is 5.31. The molecule has 34 heavy (non-hydrogen) atoms. The van der Waals surface area contributed by atoms with Crippen LogP contribution in [-0.4, -0.2) is 37.6 Å². The third-order valence-electron chi connectivity index (χ3n) is 5.10. The van der Waals surface area contributed by atoms with Crippen molar-refractivity contribution in [3.05, 3.63) is 95.6 Å². The Bertz CT molecular complexity index is 1460. The Morgan fingerprint density at radius 3 is 2.62 bits per heavy atom. The Kier molecular flexibility index (Phi) is 6.42. The quantitative estimate of drug-likeness (QED) is 0.185. The van der Waals surface area contributed by atoms with Gasteiger partial charge in [0.25, 0.3) is 5.91 Å². The minimum absolute atomic E-state index is 0.131. The number of nitrogens with zero attached hydrogens (tertiary/aromatic N) is 4. The van der Waals surface area contributed by atoms with Gasteiger partial charge in [-0.3, -0.25) is 9.36 Å². The number of halogens is 1. The molecule has 0 bridgehead atoms. The highest BCUT2D eigenvalue weighted by Gasteiger charge is 2.17. The number of rotatable bonds is 7. The van der Waals surface area contributed by atoms with Crippen molar-refractivity contribution in [1.82, 2.24) is 25.2 Å². The number of carbonyl (C=O) groups is 1. The minimum Gasteiger partial charge on any atom is -0.361 e. The molecule has 0 atom stereocenters. The number of fused-ring (bicyclic) bond motifs is 1. The van der Waals surface area contributed by atoms with Crippen molar-refractivity contribution < 1.29 is 4.79 Å². The molecular formula is C25H19ClN6OS. The van der Waals surface area contributed by atoms with Gasteiger partial charge >= 0.3 is 0 Å². The molecule has 0 aliphatic heterocycles. The second-order valence-corrected chi connectivity index (χ2v) is 8.73. The van der Waals surface area contributed by atoms with Gasteiger partial charge < -0.3 is 4.98 Å². The first-order valence-electron chi connectivity index (χ1n) is 10.5. The highest BCUT2D eigenvalue weighted by molar-refractivity contribution is 7.99. The van der Waals surface area contributed by atoms with Gasteiger partial charge in [0.05, 0.1) is 12.0 Å². The van der Waals surface area contributed by atoms with Crippen molar-refractivity contribution in [2.75, 3.05) is 5.75 Å². The van der Waals surface area contributed by atoms with E-state index in [0.29, 0.717) is 16.0 Å². The lowest BCUT2D eigenvalue weighted by Gasteiger charge is -2.10. The molecule has 2 heterocycles. The molecule has 0 saturated carbocycles. The summed E-state index contributed by atoms with van der Waals surface area (Å²) in [5.41, 5.74) is 6.27. The van der Waals surface area contributed by atoms with E-state index < -0.39 is 0 Å². The van der Waals surface area contributed by atoms with Gasteiger partial charge in [0.2, 0.25) is 0 Å². The molecule has 5 rings (SSSR count). The van der Waals surface area contributed by atoms with Crippen molar-refractivity contribution in [2.45, 2.75) is 5.16 Å². The predicted molar refractivity (Wildman–Crippen MR) is 137 cm³/mol. The number of hydrazone groups is 1. The minimum atomic E-state index is -0.243. The SMILES string of the molecule is O=C(CSc1nnc(-c2ccccc2)n1-c1ccc(Cl)cc1)N/N=C/c1c[nH]c2ccccc12. The molecule has 0 saturated heterocycles. The summed E-state index contributed by atoms with van der Waals surface area (Å²) in [6.07, 6.45) is 3.49. The second-order valence-electron chi connectivity index (χ2n) is 7.36. The van der Waals surface area contributed by atoms with Crippen LogP contribution in [0.4, 0.5) is 0 Å². The van der Waals surface area contributed by atoms with E-state index in [1.165, 1.54) is 11.8 Å². The third kappa shape index (κ3) is 4.73. The number of amides is 1. The van der Waals surface area contributed by atoms with Crippen LogP contribution in [0, 0.1) is 0 Å². The first-order chi connectivity index (χ1) is 16.7. The maximum Gasteiger partial charge on any atom is 0.250 e. The normalized spacial score (nSPS) is 11.3. The lowest BCUT2D eigenvalue weighted by Crippen LogP contribution is -2.20. The highest BCUT2D eigenvalue weighted by Crippen LogP contribution is 2.28. The maximum atomic E-state index is 12.4. The van der Waals surface area contributed by atoms with Crippen molar-refractivity contribution in [1.29, 1.82) is 0 Å². The largest absolute Gasteiger partial charge is 0.361 e. The Hall–Kier alpha value is -3.88. The molecule has 5 aromatic rings. The number of nitrogens with one attached hydrogen (secondary N) is 2. The molecule has 0 radical (unpaired) electrons. The van der Waals surface area contributed by atoms with Crippen LogP contribution in [0.15, 0.2) is 95.3 Å². The Morgan fingerprint density at radius 2 is 1.79 bits per heavy atom. The summed E-state index contributed by atoms with van der Waals surface area (Å²) in [5, 5.41) is 15.1. The van der Waals surface area contributed by atoms with Gasteiger partial charge in [-0.1, -0.05) is 71.9 Å². The van der Waals surface area contributed by atoms with Crippen LogP contribution in [-0.2, 0) is 4.79 Å². The van der Waals surface area contributed by atoms with E-state index in [4.69, 9.17) is 11.6 Å². The number of hydrogen-bond acceptors (Lipinski definition) is 5. The summed E-state index contributed by atoms with van der Waals surface area (Å²) >= 11 is 7.36. The fourth-order valence-electron chi connectivity index (χ4n) is 3.50. The molecule has 3 aromatic carbocycles. The fourth-order valence-corrected chi connectivity index (χ4v) is 4.37. The molecule has 1 amide bonds. The number of aromatic nitrogens is 4. The topological polar surface area (TPSA) is 88.0 Å². The lowest BCUT2D eigenvalue weighted by atomic mass is 10.2. The molecule has 7 nitrogen and oxygen atoms in total. The second kappa shape index (κ2) is 9.94. The number of benzene rings is 3. The first kappa shape index (κ1) is 21.9. The van der Waals surface area contributed by atoms with Crippen LogP contribution in [0.3, 0.4) is 0 Å². The van der Waals surface area contributed by atoms with Crippen molar-refractivity contribution in [2.24, 2.45) is 5.10 Å². The molecule has 0 aliphatic rings. The lowest BCUT2D eigenvalue weighted by molar-refractivity contribution is -0.118. The zero-order valence-corrected chi connectivity index (χ0v) is 19.4. The van der Waals surface area contributed by atoms with Crippen LogP contribution in [0.1, 0.15) is 5.56 Å². The zero-order valence-electron chi connectivity index (χ0n) is 17.9. The average molecular weight is 487 g/mol. The van der Waals surface area contributed by atoms with Gasteiger partial charge in [0.15, 0.2) is 11.0 Å². The summed E-state index contributed by atoms with van der Waals surface area (Å²) in [6.45, 7) is 0. The molecule has 2 aromatic heterocycles. The van der Waals surface area contributed by atoms with E-state index in [2.05, 4.69) is 25.7 Å². The molecular weight excluding hydrogens is 468 g/mol. The van der Waals surface area contributed by atoms with Gasteiger partial charge in [0, 0.05) is 38.9 Å². The van der Waals surface area contributed by atoms with E-state index in [0.717, 1.165) is 27.7 Å². The number of para-hydroxylation sites is 1. The van der Waals surface area contributed by atoms with Gasteiger partial charge in [-0.15, -0.1) is 10.2 Å². The van der Waals surface area contributed by atoms with Crippen molar-refractivity contribution >= 4 is 46.4 Å². The van der Waals surface area contributed by atoms with Gasteiger partial charge in [-0.2, -0.15) is 5.10 Å². The van der Waals surface area contributed by atoms with Crippen LogP contribution < -0.4 is 5.43 Å². The smallest absolute Gasteiger partial charge is 0.250 e. The van der Waals surface area contributed by atoms with E-state index in [1.807, 2.05) is 89.6 Å². The summed E-state index contributed by atoms with van der Waals surface area (Å²) < 4.78 is 1.92. The van der Waals surface area contributed by atoms with Gasteiger partial charge in [-0.05, 0) is 30.3 Å². The zero-order chi connectivity index (χ0) is 23.3. The van der Waals surface area contributed by atoms with Crippen LogP contribution in [0.25, 0.3) is 28.0 Å². The van der Waals surface area contributed by atoms with Crippen LogP contribution in [0.5, 0.6) is 0 Å². The summed E-state index contributed by atoms with van der Waals surface area (Å²) in [4.78, 5) is 15.6. The highest BCUT2D eigenvalue weighted by atomic mass is 35.5. The standard InChI is InChI=1S/C25H19ClN6OS/c26-19-10-12-20(13-11-19)32-24(17-6-2-1-3-7-17)30-31-25(32)34-16-23(33)29-28-15-18-14-27-22-9-5-4-8-21(18)22/h1-15,27H,16H2,(H,29,33)/b28-15+. The molecule has 9 heteroatoms. The van der Waals surface area contributed by atoms with E-state index in [-0.39, 0.29) is 11.7 Å². The average Bonchev–Trinajstić information content (AvgIpc) is 3.48. The maximum absolute atomic E-state index is 12.4. The first-order valence-corrected chi connectivity index (χ1v) is 11.8. The molecule has 168 valence electrons. The third-order valence-corrected chi connectivity index (χ3v) is 6.28. The Balaban J connectivity index is 1.31. The molecule has 0 unspecified atom stereocenters. The Labute approximate surface area is 204 Å². The van der Waals surface area contributed by atoms with Crippen LogP contribution >= 0.6 is 23.4 Å². The van der Waals surface area contributed by atoms with E-state index in [9.17, 15) is 4.79 Å². The van der Waals surface area contributed by atoms with E-state index in [1.54, 1.807) is 6.21 Å². The molecule has 0 fully saturated rings. The van der Waals surface area contributed by atoms with Gasteiger partial charge in [-0.25, -0.2) is 5.43 Å². The number of H-pyrrole nitrogens is 1. The van der Waals surface area contributed by atoms with Crippen molar-refractivity contribution in [3.63, 3.8) is 0 Å². The monoisotopic (exact) mass is 486 g/mol. The number of thioether (sulfide) groups is 1. The summed E-state index contributed by atoms with van der Waals surface area (Å²) in [7, 11) is 0. The van der Waals surface area contributed by atoms with Crippen LogP contribution in [0.2, 0.25) is 5.02 Å². The molecule has 2 N–H and O–H groups in total. The Morgan fingerprint density at radius 1 is 1.03 bits per heavy atom. The summed E-state index contributed by atoms with van der Waals surface area (Å²) in [6, 6.07) is 25.1. The fraction of sp³-hybridized carbons (Fsp3) is 0.0400. The number of aromatic amines is 1. The van der Waals surface area contributed by atoms with Gasteiger partial charge in [0.1, 0.15) is 0 Å². The number of hydrogen-bond donors (Lipinski definition) is 2. The molecule has 0 aliphatic carbocycles. The van der Waals surface area contributed by atoms with E-state index >= 15 is 0 Å². The molecule has 0 spiro atoms. The number of carbonyl (C=O) groups excluding carboxylic acids is 1. The summed E-state index contributed by atoms with van der Waals surface area (Å²) in [5.74, 6) is 0.572. The van der Waals surface area contributed by atoms with Crippen molar-refractivity contribution in [3.8, 4) is 17.1 Å².